The third-order valence-corrected chi connectivity index (χ3v) is 3.37. The maximum atomic E-state index is 13.3. The van der Waals surface area contributed by atoms with E-state index in [2.05, 4.69) is 0 Å². The molecule has 1 unspecified atom stereocenters. The van der Waals surface area contributed by atoms with Gasteiger partial charge in [0.15, 0.2) is 0 Å². The highest BCUT2D eigenvalue weighted by Crippen LogP contribution is 2.31. The fraction of sp³-hybridized carbons (Fsp3) is 0.300. The highest BCUT2D eigenvalue weighted by Gasteiger charge is 2.21. The second kappa shape index (κ2) is 5.16. The number of nitrogen functional groups attached to an aromatic ring is 1. The van der Waals surface area contributed by atoms with Gasteiger partial charge in [-0.3, -0.25) is 4.79 Å². The van der Waals surface area contributed by atoms with Crippen LogP contribution in [0.25, 0.3) is 0 Å². The summed E-state index contributed by atoms with van der Waals surface area (Å²) in [6.07, 6.45) is 0.281. The Morgan fingerprint density at radius 3 is 2.38 bits per heavy atom. The topological polar surface area (TPSA) is 63.3 Å². The fourth-order valence-corrected chi connectivity index (χ4v) is 2.04. The second-order valence-electron chi connectivity index (χ2n) is 3.17. The van der Waals surface area contributed by atoms with Crippen LogP contribution in [0.3, 0.4) is 0 Å². The van der Waals surface area contributed by atoms with Crippen LogP contribution in [-0.4, -0.2) is 16.3 Å². The van der Waals surface area contributed by atoms with E-state index in [1.165, 1.54) is 0 Å². The summed E-state index contributed by atoms with van der Waals surface area (Å²) in [5, 5.41) is 7.91. The minimum atomic E-state index is -1.09. The highest BCUT2D eigenvalue weighted by molar-refractivity contribution is 8.00. The molecule has 0 radical (unpaired) electrons. The molecule has 6 heteroatoms. The van der Waals surface area contributed by atoms with Gasteiger partial charge in [-0.15, -0.1) is 11.8 Å². The van der Waals surface area contributed by atoms with Gasteiger partial charge in [0, 0.05) is 5.69 Å². The number of thioether (sulfide) groups is 1. The average molecular weight is 247 g/mol. The molecule has 0 aliphatic carbocycles. The molecular weight excluding hydrogens is 236 g/mol. The number of hydrogen-bond donors (Lipinski definition) is 2. The molecule has 0 aromatic heterocycles. The number of nitrogens with two attached hydrogens (primary N) is 1. The van der Waals surface area contributed by atoms with Gasteiger partial charge >= 0.3 is 5.97 Å². The number of anilines is 1. The Morgan fingerprint density at radius 2 is 2.00 bits per heavy atom. The van der Waals surface area contributed by atoms with Crippen molar-refractivity contribution in [3.8, 4) is 0 Å². The van der Waals surface area contributed by atoms with Gasteiger partial charge in [-0.2, -0.15) is 0 Å². The number of rotatable bonds is 4. The van der Waals surface area contributed by atoms with E-state index in [0.29, 0.717) is 11.8 Å². The van der Waals surface area contributed by atoms with Gasteiger partial charge < -0.3 is 10.8 Å². The lowest BCUT2D eigenvalue weighted by atomic mass is 10.3. The number of halogens is 2. The fourth-order valence-electron chi connectivity index (χ4n) is 1.14. The van der Waals surface area contributed by atoms with Crippen molar-refractivity contribution in [1.82, 2.24) is 0 Å². The SMILES string of the molecule is CCC(Sc1c(F)cc(N)cc1F)C(=O)O. The molecule has 0 aliphatic rings. The van der Waals surface area contributed by atoms with E-state index in [1.807, 2.05) is 0 Å². The van der Waals surface area contributed by atoms with Crippen molar-refractivity contribution in [3.05, 3.63) is 23.8 Å². The van der Waals surface area contributed by atoms with E-state index in [0.717, 1.165) is 12.1 Å². The molecule has 16 heavy (non-hydrogen) atoms. The van der Waals surface area contributed by atoms with Crippen molar-refractivity contribution in [3.63, 3.8) is 0 Å². The van der Waals surface area contributed by atoms with Gasteiger partial charge in [-0.05, 0) is 18.6 Å². The maximum Gasteiger partial charge on any atom is 0.316 e. The van der Waals surface area contributed by atoms with Crippen LogP contribution >= 0.6 is 11.8 Å². The van der Waals surface area contributed by atoms with E-state index >= 15 is 0 Å². The van der Waals surface area contributed by atoms with Gasteiger partial charge in [-0.1, -0.05) is 6.92 Å². The van der Waals surface area contributed by atoms with Gasteiger partial charge in [-0.25, -0.2) is 8.78 Å². The molecular formula is C10H11F2NO2S. The Bertz CT molecular complexity index is 389. The quantitative estimate of drug-likeness (QED) is 0.634. The van der Waals surface area contributed by atoms with E-state index in [-0.39, 0.29) is 17.0 Å². The van der Waals surface area contributed by atoms with Crippen molar-refractivity contribution in [2.45, 2.75) is 23.5 Å². The van der Waals surface area contributed by atoms with Crippen LogP contribution in [0, 0.1) is 11.6 Å². The normalized spacial score (nSPS) is 12.4. The third kappa shape index (κ3) is 2.85. The molecule has 1 aromatic carbocycles. The minimum Gasteiger partial charge on any atom is -0.480 e. The van der Waals surface area contributed by atoms with Crippen molar-refractivity contribution >= 4 is 23.4 Å². The number of aliphatic carboxylic acids is 1. The van der Waals surface area contributed by atoms with Crippen LogP contribution in [0.2, 0.25) is 0 Å². The largest absolute Gasteiger partial charge is 0.480 e. The molecule has 0 fully saturated rings. The summed E-state index contributed by atoms with van der Waals surface area (Å²) in [5.41, 5.74) is 5.22. The first kappa shape index (κ1) is 12.8. The molecule has 0 spiro atoms. The number of benzene rings is 1. The van der Waals surface area contributed by atoms with E-state index in [4.69, 9.17) is 10.8 Å². The summed E-state index contributed by atoms with van der Waals surface area (Å²) in [4.78, 5) is 10.4. The van der Waals surface area contributed by atoms with Gasteiger partial charge in [0.1, 0.15) is 16.9 Å². The van der Waals surface area contributed by atoms with Crippen molar-refractivity contribution in [1.29, 1.82) is 0 Å². The second-order valence-corrected chi connectivity index (χ2v) is 4.38. The van der Waals surface area contributed by atoms with E-state index < -0.39 is 22.9 Å². The number of hydrogen-bond acceptors (Lipinski definition) is 3. The predicted octanol–water partition coefficient (Wildman–Crippen LogP) is 2.50. The summed E-state index contributed by atoms with van der Waals surface area (Å²) >= 11 is 0.654. The van der Waals surface area contributed by atoms with Crippen LogP contribution in [0.4, 0.5) is 14.5 Å². The highest BCUT2D eigenvalue weighted by atomic mass is 32.2. The summed E-state index contributed by atoms with van der Waals surface area (Å²) < 4.78 is 26.7. The molecule has 0 saturated heterocycles. The van der Waals surface area contributed by atoms with Crippen molar-refractivity contribution < 1.29 is 18.7 Å². The zero-order chi connectivity index (χ0) is 12.3. The van der Waals surface area contributed by atoms with Crippen LogP contribution in [0.15, 0.2) is 17.0 Å². The number of carbonyl (C=O) groups is 1. The number of carboxylic acids is 1. The Labute approximate surface area is 95.6 Å². The molecule has 0 amide bonds. The van der Waals surface area contributed by atoms with Gasteiger partial charge in [0.05, 0.1) is 4.90 Å². The molecule has 1 aromatic rings. The first-order valence-electron chi connectivity index (χ1n) is 4.59. The molecule has 88 valence electrons. The van der Waals surface area contributed by atoms with Crippen LogP contribution in [-0.2, 0) is 4.79 Å². The lowest BCUT2D eigenvalue weighted by Crippen LogP contribution is -2.15. The molecule has 3 N–H and O–H groups in total. The Kier molecular flexibility index (Phi) is 4.12. The van der Waals surface area contributed by atoms with E-state index in [1.54, 1.807) is 6.92 Å². The standard InChI is InChI=1S/C10H11F2NO2S/c1-2-8(10(14)15)16-9-6(11)3-5(13)4-7(9)12/h3-4,8H,2,13H2,1H3,(H,14,15). The third-order valence-electron chi connectivity index (χ3n) is 1.93. The van der Waals surface area contributed by atoms with Crippen molar-refractivity contribution in [2.75, 3.05) is 5.73 Å². The van der Waals surface area contributed by atoms with Crippen LogP contribution < -0.4 is 5.73 Å². The lowest BCUT2D eigenvalue weighted by Gasteiger charge is -2.11. The number of carboxylic acid groups (broad SMARTS) is 1. The maximum absolute atomic E-state index is 13.3. The molecule has 0 heterocycles. The first-order valence-corrected chi connectivity index (χ1v) is 5.47. The summed E-state index contributed by atoms with van der Waals surface area (Å²) in [7, 11) is 0. The van der Waals surface area contributed by atoms with E-state index in [9.17, 15) is 13.6 Å². The molecule has 0 bridgehead atoms. The Hall–Kier alpha value is -1.30. The summed E-state index contributed by atoms with van der Waals surface area (Å²) in [6.45, 7) is 1.64. The zero-order valence-electron chi connectivity index (χ0n) is 8.54. The smallest absolute Gasteiger partial charge is 0.316 e. The molecule has 0 saturated carbocycles. The zero-order valence-corrected chi connectivity index (χ0v) is 9.35. The molecule has 3 nitrogen and oxygen atoms in total. The van der Waals surface area contributed by atoms with Crippen molar-refractivity contribution in [2.24, 2.45) is 0 Å². The molecule has 1 atom stereocenters. The van der Waals surface area contributed by atoms with Gasteiger partial charge in [0.2, 0.25) is 0 Å². The summed E-state index contributed by atoms with van der Waals surface area (Å²) in [5.74, 6) is -2.76. The lowest BCUT2D eigenvalue weighted by molar-refractivity contribution is -0.136. The Morgan fingerprint density at radius 1 is 1.50 bits per heavy atom. The van der Waals surface area contributed by atoms with Crippen LogP contribution in [0.5, 0.6) is 0 Å². The molecule has 0 aliphatic heterocycles. The van der Waals surface area contributed by atoms with Crippen LogP contribution in [0.1, 0.15) is 13.3 Å². The van der Waals surface area contributed by atoms with Gasteiger partial charge in [0.25, 0.3) is 0 Å². The Balaban J connectivity index is 3.01. The molecule has 1 rings (SSSR count). The average Bonchev–Trinajstić information content (AvgIpc) is 2.15. The summed E-state index contributed by atoms with van der Waals surface area (Å²) in [6, 6.07) is 1.94. The first-order chi connectivity index (χ1) is 7.45. The monoisotopic (exact) mass is 247 g/mol. The minimum absolute atomic E-state index is 0.0253. The predicted molar refractivity (Wildman–Crippen MR) is 58.3 cm³/mol.